The Morgan fingerprint density at radius 3 is 2.34 bits per heavy atom. The molecule has 0 amide bonds. The number of hydrogen-bond donors (Lipinski definition) is 2. The molecule has 0 unspecified atom stereocenters. The number of rotatable bonds is 7. The summed E-state index contributed by atoms with van der Waals surface area (Å²) < 4.78 is 5.63. The van der Waals surface area contributed by atoms with Gasteiger partial charge in [0.25, 0.3) is 0 Å². The second-order valence-corrected chi connectivity index (χ2v) is 8.39. The monoisotopic (exact) mass is 427 g/mol. The molecule has 0 radical (unpaired) electrons. The van der Waals surface area contributed by atoms with Crippen molar-refractivity contribution < 1.29 is 14.6 Å². The molecule has 2 N–H and O–H groups in total. The second kappa shape index (κ2) is 8.67. The number of carboxylic acids is 1. The van der Waals surface area contributed by atoms with Crippen molar-refractivity contribution in [2.75, 3.05) is 6.61 Å². The van der Waals surface area contributed by atoms with Crippen molar-refractivity contribution in [1.29, 1.82) is 0 Å². The van der Waals surface area contributed by atoms with Gasteiger partial charge < -0.3 is 14.8 Å². The average Bonchev–Trinajstić information content (AvgIpc) is 3.28. The molecule has 4 aromatic rings. The fraction of sp³-hybridized carbons (Fsp3) is 0.192. The van der Waals surface area contributed by atoms with Crippen LogP contribution in [0, 0.1) is 12.3 Å². The van der Waals surface area contributed by atoms with Gasteiger partial charge in [-0.15, -0.1) is 0 Å². The number of aryl methyl sites for hydroxylation is 1. The van der Waals surface area contributed by atoms with Crippen LogP contribution in [-0.4, -0.2) is 32.6 Å². The number of carbonyl (C=O) groups is 1. The molecule has 0 aliphatic heterocycles. The summed E-state index contributed by atoms with van der Waals surface area (Å²) in [7, 11) is 0. The highest BCUT2D eigenvalue weighted by Crippen LogP contribution is 2.27. The van der Waals surface area contributed by atoms with E-state index in [4.69, 9.17) is 4.74 Å². The first kappa shape index (κ1) is 21.3. The van der Waals surface area contributed by atoms with Crippen molar-refractivity contribution in [3.05, 3.63) is 78.6 Å². The Labute approximate surface area is 187 Å². The van der Waals surface area contributed by atoms with E-state index in [2.05, 4.69) is 34.0 Å². The molecule has 162 valence electrons. The Morgan fingerprint density at radius 1 is 0.969 bits per heavy atom. The molecule has 0 aliphatic rings. The number of aromatic amines is 1. The van der Waals surface area contributed by atoms with Crippen molar-refractivity contribution in [2.45, 2.75) is 20.8 Å². The first-order valence-electron chi connectivity index (χ1n) is 10.4. The normalized spacial score (nSPS) is 11.3. The lowest BCUT2D eigenvalue weighted by Crippen LogP contribution is -2.30. The summed E-state index contributed by atoms with van der Waals surface area (Å²) in [4.78, 5) is 23.7. The Bertz CT molecular complexity index is 1230. The van der Waals surface area contributed by atoms with Crippen LogP contribution in [0.25, 0.3) is 33.9 Å². The lowest BCUT2D eigenvalue weighted by molar-refractivity contribution is -0.148. The third-order valence-corrected chi connectivity index (χ3v) is 5.38. The van der Waals surface area contributed by atoms with Gasteiger partial charge in [-0.1, -0.05) is 24.3 Å². The maximum atomic E-state index is 11.2. The van der Waals surface area contributed by atoms with Crippen LogP contribution < -0.4 is 4.74 Å². The fourth-order valence-electron chi connectivity index (χ4n) is 3.23. The lowest BCUT2D eigenvalue weighted by Gasteiger charge is -2.19. The number of aromatic nitrogens is 3. The highest BCUT2D eigenvalue weighted by molar-refractivity contribution is 5.73. The van der Waals surface area contributed by atoms with Gasteiger partial charge in [0.05, 0.1) is 23.0 Å². The molecule has 6 nitrogen and oxygen atoms in total. The topological polar surface area (TPSA) is 88.1 Å². The van der Waals surface area contributed by atoms with Crippen molar-refractivity contribution in [3.63, 3.8) is 0 Å². The largest absolute Gasteiger partial charge is 0.492 e. The van der Waals surface area contributed by atoms with E-state index in [1.54, 1.807) is 20.0 Å². The maximum Gasteiger partial charge on any atom is 0.312 e. The number of H-pyrrole nitrogens is 1. The second-order valence-electron chi connectivity index (χ2n) is 8.39. The molecular formula is C26H25N3O3. The molecule has 0 fully saturated rings. The zero-order chi connectivity index (χ0) is 22.7. The molecule has 0 aliphatic carbocycles. The summed E-state index contributed by atoms with van der Waals surface area (Å²) in [5.41, 5.74) is 5.03. The van der Waals surface area contributed by atoms with E-state index in [0.29, 0.717) is 5.75 Å². The van der Waals surface area contributed by atoms with Crippen LogP contribution >= 0.6 is 0 Å². The minimum absolute atomic E-state index is 0.0995. The summed E-state index contributed by atoms with van der Waals surface area (Å²) in [6.07, 6.45) is 3.64. The number of carboxylic acid groups (broad SMARTS) is 1. The van der Waals surface area contributed by atoms with Crippen LogP contribution in [0.5, 0.6) is 5.75 Å². The van der Waals surface area contributed by atoms with Crippen LogP contribution in [-0.2, 0) is 4.79 Å². The zero-order valence-electron chi connectivity index (χ0n) is 18.3. The molecule has 2 aromatic carbocycles. The Balaban J connectivity index is 1.46. The summed E-state index contributed by atoms with van der Waals surface area (Å²) in [6.45, 7) is 5.45. The maximum absolute atomic E-state index is 11.2. The molecule has 0 spiro atoms. The van der Waals surface area contributed by atoms with Crippen molar-refractivity contribution in [2.24, 2.45) is 5.41 Å². The summed E-state index contributed by atoms with van der Waals surface area (Å²) in [5, 5.41) is 9.19. The first-order chi connectivity index (χ1) is 15.3. The van der Waals surface area contributed by atoms with Crippen LogP contribution in [0.3, 0.4) is 0 Å². The van der Waals surface area contributed by atoms with Crippen LogP contribution in [0.4, 0.5) is 0 Å². The number of pyridine rings is 1. The van der Waals surface area contributed by atoms with Crippen LogP contribution in [0.2, 0.25) is 0 Å². The quantitative estimate of drug-likeness (QED) is 0.401. The molecule has 4 rings (SSSR count). The molecule has 0 saturated carbocycles. The molecule has 6 heteroatoms. The Kier molecular flexibility index (Phi) is 5.77. The third kappa shape index (κ3) is 4.54. The Morgan fingerprint density at radius 2 is 1.69 bits per heavy atom. The van der Waals surface area contributed by atoms with Crippen LogP contribution in [0.1, 0.15) is 19.4 Å². The minimum atomic E-state index is -0.943. The molecule has 2 heterocycles. The fourth-order valence-corrected chi connectivity index (χ4v) is 3.23. The number of benzene rings is 2. The van der Waals surface area contributed by atoms with Gasteiger partial charge >= 0.3 is 5.97 Å². The number of aliphatic carboxylic acids is 1. The van der Waals surface area contributed by atoms with E-state index in [-0.39, 0.29) is 6.61 Å². The highest BCUT2D eigenvalue weighted by Gasteiger charge is 2.28. The minimum Gasteiger partial charge on any atom is -0.492 e. The summed E-state index contributed by atoms with van der Waals surface area (Å²) >= 11 is 0. The van der Waals surface area contributed by atoms with E-state index in [0.717, 1.165) is 33.9 Å². The number of imidazole rings is 1. The third-order valence-electron chi connectivity index (χ3n) is 5.38. The first-order valence-corrected chi connectivity index (χ1v) is 10.4. The smallest absolute Gasteiger partial charge is 0.312 e. The molecule has 32 heavy (non-hydrogen) atoms. The van der Waals surface area contributed by atoms with Crippen molar-refractivity contribution >= 4 is 5.97 Å². The Hall–Kier alpha value is -3.93. The van der Waals surface area contributed by atoms with Gasteiger partial charge in [0.1, 0.15) is 18.2 Å². The van der Waals surface area contributed by atoms with E-state index >= 15 is 0 Å². The van der Waals surface area contributed by atoms with Gasteiger partial charge in [-0.3, -0.25) is 9.78 Å². The molecule has 0 atom stereocenters. The van der Waals surface area contributed by atoms with Crippen molar-refractivity contribution in [1.82, 2.24) is 15.0 Å². The summed E-state index contributed by atoms with van der Waals surface area (Å²) in [5.74, 6) is 0.507. The van der Waals surface area contributed by atoms with E-state index in [1.165, 1.54) is 5.56 Å². The number of hydrogen-bond acceptors (Lipinski definition) is 4. The predicted molar refractivity (Wildman–Crippen MR) is 124 cm³/mol. The zero-order valence-corrected chi connectivity index (χ0v) is 18.3. The number of nitrogens with one attached hydrogen (secondary N) is 1. The van der Waals surface area contributed by atoms with Crippen molar-refractivity contribution in [3.8, 4) is 39.7 Å². The van der Waals surface area contributed by atoms with E-state index in [9.17, 15) is 9.90 Å². The lowest BCUT2D eigenvalue weighted by atomic mass is 9.95. The van der Waals surface area contributed by atoms with Gasteiger partial charge in [-0.05, 0) is 62.7 Å². The van der Waals surface area contributed by atoms with Crippen LogP contribution in [0.15, 0.2) is 73.1 Å². The molecule has 0 saturated heterocycles. The average molecular weight is 428 g/mol. The van der Waals surface area contributed by atoms with Gasteiger partial charge in [-0.2, -0.15) is 0 Å². The number of ether oxygens (including phenoxy) is 1. The molecule has 2 aromatic heterocycles. The standard InChI is InChI=1S/C26H25N3O3/c1-17-6-4-5-7-21(17)23-15-28-24(29-23)19-10-13-22(27-14-19)18-8-11-20(12-9-18)32-16-26(2,3)25(30)31/h4-15H,16H2,1-3H3,(H,28,29)(H,30,31). The highest BCUT2D eigenvalue weighted by atomic mass is 16.5. The molecule has 0 bridgehead atoms. The number of nitrogens with zero attached hydrogens (tertiary/aromatic N) is 2. The van der Waals surface area contributed by atoms with E-state index < -0.39 is 11.4 Å². The summed E-state index contributed by atoms with van der Waals surface area (Å²) in [6, 6.07) is 19.6. The predicted octanol–water partition coefficient (Wildman–Crippen LogP) is 5.60. The van der Waals surface area contributed by atoms with E-state index in [1.807, 2.05) is 54.7 Å². The van der Waals surface area contributed by atoms with Gasteiger partial charge in [0.2, 0.25) is 0 Å². The van der Waals surface area contributed by atoms with Gasteiger partial charge in [0.15, 0.2) is 0 Å². The van der Waals surface area contributed by atoms with Gasteiger partial charge in [-0.25, -0.2) is 4.98 Å². The SMILES string of the molecule is Cc1ccccc1-c1cnc(-c2ccc(-c3ccc(OCC(C)(C)C(=O)O)cc3)nc2)[nH]1. The van der Waals surface area contributed by atoms with Gasteiger partial charge in [0, 0.05) is 22.9 Å². The molecular weight excluding hydrogens is 402 g/mol.